The molecule has 132 valence electrons. The first-order chi connectivity index (χ1) is 11.8. The highest BCUT2D eigenvalue weighted by atomic mass is 16.2. The summed E-state index contributed by atoms with van der Waals surface area (Å²) in [5.74, 6) is -0.166. The van der Waals surface area contributed by atoms with Gasteiger partial charge in [-0.1, -0.05) is 19.9 Å². The third kappa shape index (κ3) is 5.60. The molecular weight excluding hydrogens is 316 g/mol. The summed E-state index contributed by atoms with van der Waals surface area (Å²) in [6.45, 7) is 7.90. The van der Waals surface area contributed by atoms with Gasteiger partial charge in [-0.15, -0.1) is 0 Å². The van der Waals surface area contributed by atoms with Crippen molar-refractivity contribution in [1.29, 1.82) is 0 Å². The van der Waals surface area contributed by atoms with Gasteiger partial charge in [-0.05, 0) is 49.2 Å². The molecule has 1 aromatic heterocycles. The number of nitrogens with one attached hydrogen (secondary N) is 3. The molecule has 3 amide bonds. The molecule has 2 aromatic rings. The van der Waals surface area contributed by atoms with Crippen molar-refractivity contribution >= 4 is 23.3 Å². The molecule has 6 heteroatoms. The van der Waals surface area contributed by atoms with Crippen molar-refractivity contribution in [3.63, 3.8) is 0 Å². The Kier molecular flexibility index (Phi) is 6.11. The zero-order valence-corrected chi connectivity index (χ0v) is 15.0. The van der Waals surface area contributed by atoms with E-state index < -0.39 is 0 Å². The SMILES string of the molecule is Cc1cc(CNC(=O)Nc2ccc(C)c(NC(=O)C(C)C)c2)ccn1. The molecule has 0 fully saturated rings. The Morgan fingerprint density at radius 3 is 2.52 bits per heavy atom. The molecule has 2 rings (SSSR count). The lowest BCUT2D eigenvalue weighted by atomic mass is 10.1. The molecule has 0 aliphatic heterocycles. The predicted octanol–water partition coefficient (Wildman–Crippen LogP) is 3.61. The number of aryl methyl sites for hydroxylation is 2. The van der Waals surface area contributed by atoms with Gasteiger partial charge >= 0.3 is 6.03 Å². The second-order valence-corrected chi connectivity index (χ2v) is 6.29. The highest BCUT2D eigenvalue weighted by Gasteiger charge is 2.10. The number of pyridine rings is 1. The fourth-order valence-corrected chi connectivity index (χ4v) is 2.18. The molecule has 0 unspecified atom stereocenters. The van der Waals surface area contributed by atoms with E-state index in [0.29, 0.717) is 17.9 Å². The quantitative estimate of drug-likeness (QED) is 0.777. The second-order valence-electron chi connectivity index (χ2n) is 6.29. The molecule has 0 radical (unpaired) electrons. The topological polar surface area (TPSA) is 83.1 Å². The summed E-state index contributed by atoms with van der Waals surface area (Å²) in [6, 6.07) is 8.89. The summed E-state index contributed by atoms with van der Waals surface area (Å²) in [5.41, 5.74) is 4.14. The summed E-state index contributed by atoms with van der Waals surface area (Å²) in [4.78, 5) is 28.1. The molecule has 0 saturated carbocycles. The van der Waals surface area contributed by atoms with Crippen molar-refractivity contribution in [2.45, 2.75) is 34.2 Å². The minimum absolute atomic E-state index is 0.0576. The van der Waals surface area contributed by atoms with Crippen LogP contribution in [0, 0.1) is 19.8 Å². The monoisotopic (exact) mass is 340 g/mol. The third-order valence-corrected chi connectivity index (χ3v) is 3.69. The van der Waals surface area contributed by atoms with Gasteiger partial charge < -0.3 is 16.0 Å². The number of carbonyl (C=O) groups is 2. The number of carbonyl (C=O) groups excluding carboxylic acids is 2. The van der Waals surface area contributed by atoms with E-state index in [0.717, 1.165) is 16.8 Å². The Labute approximate surface area is 148 Å². The molecule has 25 heavy (non-hydrogen) atoms. The van der Waals surface area contributed by atoms with Crippen LogP contribution in [0.3, 0.4) is 0 Å². The Balaban J connectivity index is 1.97. The van der Waals surface area contributed by atoms with Crippen molar-refractivity contribution in [1.82, 2.24) is 10.3 Å². The maximum absolute atomic E-state index is 12.1. The van der Waals surface area contributed by atoms with E-state index in [9.17, 15) is 9.59 Å². The molecule has 6 nitrogen and oxygen atoms in total. The van der Waals surface area contributed by atoms with Crippen LogP contribution in [0.2, 0.25) is 0 Å². The van der Waals surface area contributed by atoms with E-state index in [1.165, 1.54) is 0 Å². The maximum Gasteiger partial charge on any atom is 0.319 e. The van der Waals surface area contributed by atoms with E-state index in [2.05, 4.69) is 20.9 Å². The lowest BCUT2D eigenvalue weighted by Gasteiger charge is -2.13. The van der Waals surface area contributed by atoms with Crippen molar-refractivity contribution < 1.29 is 9.59 Å². The first kappa shape index (κ1) is 18.4. The van der Waals surface area contributed by atoms with Crippen LogP contribution in [0.1, 0.15) is 30.7 Å². The molecule has 1 heterocycles. The summed E-state index contributed by atoms with van der Waals surface area (Å²) < 4.78 is 0. The molecule has 0 aliphatic rings. The van der Waals surface area contributed by atoms with Crippen LogP contribution in [-0.4, -0.2) is 16.9 Å². The number of nitrogens with zero attached hydrogens (tertiary/aromatic N) is 1. The van der Waals surface area contributed by atoms with Crippen LogP contribution in [0.5, 0.6) is 0 Å². The number of anilines is 2. The molecular formula is C19H24N4O2. The van der Waals surface area contributed by atoms with Crippen LogP contribution < -0.4 is 16.0 Å². The van der Waals surface area contributed by atoms with Crippen molar-refractivity contribution in [2.75, 3.05) is 10.6 Å². The molecule has 3 N–H and O–H groups in total. The first-order valence-corrected chi connectivity index (χ1v) is 8.23. The number of rotatable bonds is 5. The highest BCUT2D eigenvalue weighted by molar-refractivity contribution is 5.95. The number of urea groups is 1. The van der Waals surface area contributed by atoms with E-state index >= 15 is 0 Å². The Morgan fingerprint density at radius 1 is 1.08 bits per heavy atom. The van der Waals surface area contributed by atoms with E-state index in [1.807, 2.05) is 45.9 Å². The van der Waals surface area contributed by atoms with Crippen molar-refractivity contribution in [3.8, 4) is 0 Å². The number of benzene rings is 1. The van der Waals surface area contributed by atoms with Crippen LogP contribution >= 0.6 is 0 Å². The van der Waals surface area contributed by atoms with E-state index in [4.69, 9.17) is 0 Å². The number of hydrogen-bond acceptors (Lipinski definition) is 3. The standard InChI is InChI=1S/C19H24N4O2/c1-12(2)18(24)23-17-10-16(6-5-13(17)3)22-19(25)21-11-15-7-8-20-14(4)9-15/h5-10,12H,11H2,1-4H3,(H,23,24)(H2,21,22,25). The molecule has 0 bridgehead atoms. The van der Waals surface area contributed by atoms with Gasteiger partial charge in [0.1, 0.15) is 0 Å². The smallest absolute Gasteiger partial charge is 0.319 e. The molecule has 0 saturated heterocycles. The van der Waals surface area contributed by atoms with Gasteiger partial charge in [0.25, 0.3) is 0 Å². The fourth-order valence-electron chi connectivity index (χ4n) is 2.18. The lowest BCUT2D eigenvalue weighted by molar-refractivity contribution is -0.118. The Hall–Kier alpha value is -2.89. The fraction of sp³-hybridized carbons (Fsp3) is 0.316. The Bertz CT molecular complexity index is 772. The van der Waals surface area contributed by atoms with Gasteiger partial charge in [0, 0.05) is 35.7 Å². The van der Waals surface area contributed by atoms with Crippen LogP contribution in [-0.2, 0) is 11.3 Å². The number of hydrogen-bond donors (Lipinski definition) is 3. The number of aromatic nitrogens is 1. The average Bonchev–Trinajstić information content (AvgIpc) is 2.56. The van der Waals surface area contributed by atoms with Gasteiger partial charge in [0.05, 0.1) is 0 Å². The average molecular weight is 340 g/mol. The zero-order chi connectivity index (χ0) is 18.4. The van der Waals surface area contributed by atoms with Gasteiger partial charge in [-0.25, -0.2) is 4.79 Å². The van der Waals surface area contributed by atoms with Crippen LogP contribution in [0.4, 0.5) is 16.2 Å². The zero-order valence-electron chi connectivity index (χ0n) is 15.0. The molecule has 0 aliphatic carbocycles. The summed E-state index contributed by atoms with van der Waals surface area (Å²) in [7, 11) is 0. The minimum atomic E-state index is -0.306. The van der Waals surface area contributed by atoms with Crippen molar-refractivity contribution in [2.24, 2.45) is 5.92 Å². The van der Waals surface area contributed by atoms with Gasteiger partial charge in [-0.3, -0.25) is 9.78 Å². The lowest BCUT2D eigenvalue weighted by Crippen LogP contribution is -2.28. The molecule has 0 spiro atoms. The van der Waals surface area contributed by atoms with Gasteiger partial charge in [-0.2, -0.15) is 0 Å². The van der Waals surface area contributed by atoms with E-state index in [-0.39, 0.29) is 17.9 Å². The predicted molar refractivity (Wildman–Crippen MR) is 99.5 cm³/mol. The normalized spacial score (nSPS) is 10.4. The largest absolute Gasteiger partial charge is 0.334 e. The summed E-state index contributed by atoms with van der Waals surface area (Å²) >= 11 is 0. The molecule has 0 atom stereocenters. The third-order valence-electron chi connectivity index (χ3n) is 3.69. The number of amides is 3. The summed E-state index contributed by atoms with van der Waals surface area (Å²) in [6.07, 6.45) is 1.72. The second kappa shape index (κ2) is 8.28. The molecule has 1 aromatic carbocycles. The highest BCUT2D eigenvalue weighted by Crippen LogP contribution is 2.21. The van der Waals surface area contributed by atoms with Crippen LogP contribution in [0.15, 0.2) is 36.5 Å². The van der Waals surface area contributed by atoms with Crippen LogP contribution in [0.25, 0.3) is 0 Å². The summed E-state index contributed by atoms with van der Waals surface area (Å²) in [5, 5.41) is 8.45. The van der Waals surface area contributed by atoms with Crippen molar-refractivity contribution in [3.05, 3.63) is 53.3 Å². The van der Waals surface area contributed by atoms with E-state index in [1.54, 1.807) is 18.3 Å². The minimum Gasteiger partial charge on any atom is -0.334 e. The maximum atomic E-state index is 12.1. The first-order valence-electron chi connectivity index (χ1n) is 8.23. The Morgan fingerprint density at radius 2 is 1.84 bits per heavy atom. The van der Waals surface area contributed by atoms with Gasteiger partial charge in [0.2, 0.25) is 5.91 Å². The van der Waals surface area contributed by atoms with Gasteiger partial charge in [0.15, 0.2) is 0 Å².